The number of hydrogen-bond acceptors (Lipinski definition) is 6. The van der Waals surface area contributed by atoms with E-state index in [1.54, 1.807) is 11.3 Å². The van der Waals surface area contributed by atoms with E-state index in [1.807, 2.05) is 16.8 Å². The third-order valence-corrected chi connectivity index (χ3v) is 7.10. The van der Waals surface area contributed by atoms with Crippen LogP contribution in [0, 0.1) is 5.82 Å². The Labute approximate surface area is 160 Å². The maximum atomic E-state index is 13.0. The highest BCUT2D eigenvalue weighted by molar-refractivity contribution is 7.88. The van der Waals surface area contributed by atoms with E-state index in [4.69, 9.17) is 4.42 Å². The number of benzene rings is 1. The molecule has 9 heteroatoms. The maximum Gasteiger partial charge on any atom is 0.248 e. The van der Waals surface area contributed by atoms with E-state index in [-0.39, 0.29) is 17.5 Å². The van der Waals surface area contributed by atoms with Gasteiger partial charge in [-0.15, -0.1) is 10.2 Å². The fourth-order valence-electron chi connectivity index (χ4n) is 3.18. The number of sulfonamides is 1. The Morgan fingerprint density at radius 3 is 2.78 bits per heavy atom. The summed E-state index contributed by atoms with van der Waals surface area (Å²) in [6.07, 6.45) is 1.53. The molecule has 27 heavy (non-hydrogen) atoms. The first kappa shape index (κ1) is 18.3. The van der Waals surface area contributed by atoms with Crippen LogP contribution in [-0.2, 0) is 15.8 Å². The van der Waals surface area contributed by atoms with E-state index in [0.29, 0.717) is 30.4 Å². The van der Waals surface area contributed by atoms with Crippen LogP contribution in [0.5, 0.6) is 0 Å². The molecule has 1 aromatic carbocycles. The molecular weight excluding hydrogens is 389 g/mol. The molecule has 3 heterocycles. The summed E-state index contributed by atoms with van der Waals surface area (Å²) < 4.78 is 45.8. The second-order valence-corrected chi connectivity index (χ2v) is 9.29. The highest BCUT2D eigenvalue weighted by atomic mass is 32.2. The minimum atomic E-state index is -3.50. The lowest BCUT2D eigenvalue weighted by molar-refractivity contribution is 0.286. The predicted octanol–water partition coefficient (Wildman–Crippen LogP) is 3.65. The van der Waals surface area contributed by atoms with Crippen molar-refractivity contribution in [3.8, 4) is 11.5 Å². The summed E-state index contributed by atoms with van der Waals surface area (Å²) in [5, 5.41) is 12.1. The van der Waals surface area contributed by atoms with E-state index in [2.05, 4.69) is 10.2 Å². The summed E-state index contributed by atoms with van der Waals surface area (Å²) >= 11 is 1.55. The van der Waals surface area contributed by atoms with Crippen LogP contribution in [-0.4, -0.2) is 36.0 Å². The summed E-state index contributed by atoms with van der Waals surface area (Å²) in [7, 11) is -3.50. The van der Waals surface area contributed by atoms with Gasteiger partial charge in [-0.3, -0.25) is 0 Å². The van der Waals surface area contributed by atoms with Crippen molar-refractivity contribution in [3.05, 3.63) is 58.4 Å². The van der Waals surface area contributed by atoms with Gasteiger partial charge in [0.25, 0.3) is 0 Å². The van der Waals surface area contributed by atoms with Crippen molar-refractivity contribution in [2.75, 3.05) is 13.1 Å². The van der Waals surface area contributed by atoms with E-state index in [9.17, 15) is 12.8 Å². The fraction of sp³-hybridized carbons (Fsp3) is 0.333. The van der Waals surface area contributed by atoms with Gasteiger partial charge in [-0.1, -0.05) is 12.1 Å². The molecule has 6 nitrogen and oxygen atoms in total. The molecule has 0 radical (unpaired) electrons. The Bertz CT molecular complexity index is 1000. The number of rotatable bonds is 5. The third kappa shape index (κ3) is 4.10. The van der Waals surface area contributed by atoms with Crippen LogP contribution in [0.4, 0.5) is 4.39 Å². The molecular formula is C18H18FN3O3S2. The minimum absolute atomic E-state index is 0.123. The van der Waals surface area contributed by atoms with Crippen molar-refractivity contribution < 1.29 is 17.2 Å². The summed E-state index contributed by atoms with van der Waals surface area (Å²) in [5.74, 6) is 0.272. The van der Waals surface area contributed by atoms with Gasteiger partial charge >= 0.3 is 0 Å². The molecule has 0 N–H and O–H groups in total. The normalized spacial score (nSPS) is 18.6. The molecule has 1 atom stereocenters. The molecule has 2 aromatic heterocycles. The van der Waals surface area contributed by atoms with Crippen molar-refractivity contribution in [3.63, 3.8) is 0 Å². The molecule has 1 saturated heterocycles. The van der Waals surface area contributed by atoms with Gasteiger partial charge in [-0.2, -0.15) is 11.3 Å². The Hall–Kier alpha value is -2.10. The lowest BCUT2D eigenvalue weighted by atomic mass is 10.00. The molecule has 0 saturated carbocycles. The highest BCUT2D eigenvalue weighted by Gasteiger charge is 2.32. The van der Waals surface area contributed by atoms with Crippen LogP contribution in [0.15, 0.2) is 45.5 Å². The van der Waals surface area contributed by atoms with Crippen LogP contribution in [0.25, 0.3) is 11.5 Å². The Kier molecular flexibility index (Phi) is 5.07. The number of halogens is 1. The second-order valence-electron chi connectivity index (χ2n) is 6.54. The van der Waals surface area contributed by atoms with Crippen molar-refractivity contribution in [2.45, 2.75) is 24.5 Å². The van der Waals surface area contributed by atoms with E-state index in [0.717, 1.165) is 18.4 Å². The predicted molar refractivity (Wildman–Crippen MR) is 100 cm³/mol. The van der Waals surface area contributed by atoms with Crippen molar-refractivity contribution in [2.24, 2.45) is 0 Å². The molecule has 4 rings (SSSR count). The van der Waals surface area contributed by atoms with Gasteiger partial charge in [-0.25, -0.2) is 17.1 Å². The quantitative estimate of drug-likeness (QED) is 0.645. The van der Waals surface area contributed by atoms with Gasteiger partial charge in [0.1, 0.15) is 5.82 Å². The second kappa shape index (κ2) is 7.49. The highest BCUT2D eigenvalue weighted by Crippen LogP contribution is 2.30. The largest absolute Gasteiger partial charge is 0.420 e. The number of thiophene rings is 1. The van der Waals surface area contributed by atoms with Gasteiger partial charge in [0.15, 0.2) is 0 Å². The van der Waals surface area contributed by atoms with Crippen LogP contribution in [0.2, 0.25) is 0 Å². The van der Waals surface area contributed by atoms with Gasteiger partial charge in [-0.05, 0) is 42.0 Å². The first-order valence-corrected chi connectivity index (χ1v) is 11.1. The molecule has 1 unspecified atom stereocenters. The van der Waals surface area contributed by atoms with E-state index in [1.165, 1.54) is 28.6 Å². The topological polar surface area (TPSA) is 76.3 Å². The zero-order valence-corrected chi connectivity index (χ0v) is 16.0. The zero-order chi connectivity index (χ0) is 18.9. The standard InChI is InChI=1S/C18H18FN3O3S2/c19-16-5-3-13(4-6-16)12-27(23,24)22-8-1-2-14(10-22)17-20-21-18(25-17)15-7-9-26-11-15/h3-7,9,11,14H,1-2,8,10,12H2. The first-order valence-electron chi connectivity index (χ1n) is 8.59. The van der Waals surface area contributed by atoms with Crippen LogP contribution in [0.1, 0.15) is 30.2 Å². The zero-order valence-electron chi connectivity index (χ0n) is 14.4. The van der Waals surface area contributed by atoms with Crippen LogP contribution < -0.4 is 0 Å². The molecule has 1 fully saturated rings. The summed E-state index contributed by atoms with van der Waals surface area (Å²) in [6, 6.07) is 7.45. The van der Waals surface area contributed by atoms with Crippen LogP contribution >= 0.6 is 11.3 Å². The molecule has 0 spiro atoms. The van der Waals surface area contributed by atoms with E-state index < -0.39 is 10.0 Å². The molecule has 1 aliphatic heterocycles. The molecule has 0 amide bonds. The SMILES string of the molecule is O=S(=O)(Cc1ccc(F)cc1)N1CCCC(c2nnc(-c3ccsc3)o2)C1. The van der Waals surface area contributed by atoms with Crippen molar-refractivity contribution in [1.29, 1.82) is 0 Å². The maximum absolute atomic E-state index is 13.0. The monoisotopic (exact) mass is 407 g/mol. The number of hydrogen-bond donors (Lipinski definition) is 0. The van der Waals surface area contributed by atoms with Crippen molar-refractivity contribution in [1.82, 2.24) is 14.5 Å². The molecule has 0 aliphatic carbocycles. The third-order valence-electron chi connectivity index (χ3n) is 4.60. The van der Waals surface area contributed by atoms with Gasteiger partial charge in [0.2, 0.25) is 21.8 Å². The average Bonchev–Trinajstić information content (AvgIpc) is 3.35. The lowest BCUT2D eigenvalue weighted by Crippen LogP contribution is -2.39. The number of piperidine rings is 1. The Morgan fingerprint density at radius 1 is 1.22 bits per heavy atom. The summed E-state index contributed by atoms with van der Waals surface area (Å²) in [4.78, 5) is 0. The molecule has 3 aromatic rings. The number of nitrogens with zero attached hydrogens (tertiary/aromatic N) is 3. The van der Waals surface area contributed by atoms with Crippen LogP contribution in [0.3, 0.4) is 0 Å². The fourth-order valence-corrected chi connectivity index (χ4v) is 5.42. The molecule has 0 bridgehead atoms. The number of aromatic nitrogens is 2. The van der Waals surface area contributed by atoms with E-state index >= 15 is 0 Å². The summed E-state index contributed by atoms with van der Waals surface area (Å²) in [5.41, 5.74) is 1.44. The van der Waals surface area contributed by atoms with Gasteiger partial charge < -0.3 is 4.42 Å². The van der Waals surface area contributed by atoms with Gasteiger partial charge in [0.05, 0.1) is 11.7 Å². The first-order chi connectivity index (χ1) is 13.0. The Morgan fingerprint density at radius 2 is 2.04 bits per heavy atom. The molecule has 1 aliphatic rings. The lowest BCUT2D eigenvalue weighted by Gasteiger charge is -2.30. The minimum Gasteiger partial charge on any atom is -0.420 e. The summed E-state index contributed by atoms with van der Waals surface area (Å²) in [6.45, 7) is 0.778. The van der Waals surface area contributed by atoms with Gasteiger partial charge in [0, 0.05) is 24.0 Å². The molecule has 142 valence electrons. The smallest absolute Gasteiger partial charge is 0.248 e. The van der Waals surface area contributed by atoms with Crippen molar-refractivity contribution >= 4 is 21.4 Å². The Balaban J connectivity index is 1.48. The average molecular weight is 407 g/mol.